The van der Waals surface area contributed by atoms with Crippen molar-refractivity contribution < 1.29 is 0 Å². The molecule has 1 aliphatic rings. The van der Waals surface area contributed by atoms with E-state index in [1.807, 2.05) is 0 Å². The molecule has 0 amide bonds. The summed E-state index contributed by atoms with van der Waals surface area (Å²) in [4.78, 5) is 0. The number of aryl methyl sites for hydroxylation is 3. The third kappa shape index (κ3) is 3.76. The van der Waals surface area contributed by atoms with Gasteiger partial charge in [0.2, 0.25) is 0 Å². The molecule has 0 aliphatic carbocycles. The largest absolute Gasteiger partial charge is 0.312 e. The predicted molar refractivity (Wildman–Crippen MR) is 82.4 cm³/mol. The highest BCUT2D eigenvalue weighted by Crippen LogP contribution is 2.22. The molecule has 0 unspecified atom stereocenters. The van der Waals surface area contributed by atoms with Crippen LogP contribution in [0.2, 0.25) is 0 Å². The lowest BCUT2D eigenvalue weighted by Crippen LogP contribution is -2.25. The van der Waals surface area contributed by atoms with Crippen LogP contribution in [0.3, 0.4) is 0 Å². The Balaban J connectivity index is 1.86. The molecule has 1 aromatic carbocycles. The van der Waals surface area contributed by atoms with Crippen LogP contribution in [0.15, 0.2) is 12.1 Å². The van der Waals surface area contributed by atoms with Gasteiger partial charge in [-0.25, -0.2) is 0 Å². The molecule has 0 radical (unpaired) electrons. The molecule has 1 heterocycles. The number of benzene rings is 1. The summed E-state index contributed by atoms with van der Waals surface area (Å²) in [7, 11) is 0. The summed E-state index contributed by atoms with van der Waals surface area (Å²) in [6.07, 6.45) is 2.78. The van der Waals surface area contributed by atoms with Crippen molar-refractivity contribution in [3.63, 3.8) is 0 Å². The molecule has 1 aliphatic heterocycles. The highest BCUT2D eigenvalue weighted by molar-refractivity contribution is 7.99. The predicted octanol–water partition coefficient (Wildman–Crippen LogP) is 3.84. The molecule has 1 N–H and O–H groups in total. The first kappa shape index (κ1) is 14.0. The number of thioether (sulfide) groups is 1. The molecular formula is C16H25NS. The van der Waals surface area contributed by atoms with E-state index >= 15 is 0 Å². The number of nitrogens with one attached hydrogen (secondary N) is 1. The maximum absolute atomic E-state index is 3.66. The summed E-state index contributed by atoms with van der Waals surface area (Å²) in [5.41, 5.74) is 5.72. The first-order valence-corrected chi connectivity index (χ1v) is 8.17. The Morgan fingerprint density at radius 2 is 1.72 bits per heavy atom. The van der Waals surface area contributed by atoms with Gasteiger partial charge in [0.25, 0.3) is 0 Å². The van der Waals surface area contributed by atoms with Gasteiger partial charge < -0.3 is 5.32 Å². The molecule has 18 heavy (non-hydrogen) atoms. The standard InChI is InChI=1S/C16H25NS/c1-12-8-13(2)16(14(3)9-12)11-17-10-15-4-6-18-7-5-15/h8-9,15,17H,4-7,10-11H2,1-3H3. The third-order valence-electron chi connectivity index (χ3n) is 3.92. The molecule has 1 fully saturated rings. The molecule has 1 saturated heterocycles. The molecule has 2 heteroatoms. The van der Waals surface area contributed by atoms with Gasteiger partial charge in [-0.1, -0.05) is 17.7 Å². The third-order valence-corrected chi connectivity index (χ3v) is 4.96. The van der Waals surface area contributed by atoms with Crippen LogP contribution in [-0.4, -0.2) is 18.1 Å². The van der Waals surface area contributed by atoms with Crippen molar-refractivity contribution >= 4 is 11.8 Å². The lowest BCUT2D eigenvalue weighted by molar-refractivity contribution is 0.447. The average molecular weight is 263 g/mol. The van der Waals surface area contributed by atoms with Crippen molar-refractivity contribution in [3.05, 3.63) is 34.4 Å². The number of hydrogen-bond acceptors (Lipinski definition) is 2. The first-order valence-electron chi connectivity index (χ1n) is 7.02. The van der Waals surface area contributed by atoms with Gasteiger partial charge in [0.15, 0.2) is 0 Å². The highest BCUT2D eigenvalue weighted by atomic mass is 32.2. The number of rotatable bonds is 4. The van der Waals surface area contributed by atoms with Crippen LogP contribution >= 0.6 is 11.8 Å². The monoisotopic (exact) mass is 263 g/mol. The Kier molecular flexibility index (Phi) is 5.13. The minimum absolute atomic E-state index is 0.900. The zero-order valence-corrected chi connectivity index (χ0v) is 12.7. The fourth-order valence-corrected chi connectivity index (χ4v) is 4.04. The van der Waals surface area contributed by atoms with E-state index in [0.717, 1.165) is 12.5 Å². The van der Waals surface area contributed by atoms with Gasteiger partial charge in [-0.05, 0) is 74.3 Å². The average Bonchev–Trinajstić information content (AvgIpc) is 2.34. The maximum atomic E-state index is 3.66. The zero-order valence-electron chi connectivity index (χ0n) is 11.9. The Labute approximate surface area is 116 Å². The van der Waals surface area contributed by atoms with E-state index in [1.54, 1.807) is 0 Å². The second-order valence-electron chi connectivity index (χ2n) is 5.56. The quantitative estimate of drug-likeness (QED) is 0.885. The van der Waals surface area contributed by atoms with E-state index < -0.39 is 0 Å². The number of hydrogen-bond donors (Lipinski definition) is 1. The smallest absolute Gasteiger partial charge is 0.0210 e. The van der Waals surface area contributed by atoms with Crippen LogP contribution in [0.4, 0.5) is 0 Å². The fraction of sp³-hybridized carbons (Fsp3) is 0.625. The minimum Gasteiger partial charge on any atom is -0.312 e. The van der Waals surface area contributed by atoms with Gasteiger partial charge in [0.1, 0.15) is 0 Å². The van der Waals surface area contributed by atoms with Crippen molar-refractivity contribution in [2.45, 2.75) is 40.2 Å². The van der Waals surface area contributed by atoms with Crippen molar-refractivity contribution in [2.75, 3.05) is 18.1 Å². The van der Waals surface area contributed by atoms with E-state index in [4.69, 9.17) is 0 Å². The summed E-state index contributed by atoms with van der Waals surface area (Å²) in [6, 6.07) is 4.59. The molecule has 1 nitrogen and oxygen atoms in total. The molecule has 0 aromatic heterocycles. The van der Waals surface area contributed by atoms with Crippen molar-refractivity contribution in [1.82, 2.24) is 5.32 Å². The first-order chi connectivity index (χ1) is 8.66. The fourth-order valence-electron chi connectivity index (χ4n) is 2.84. The van der Waals surface area contributed by atoms with Crippen LogP contribution in [0, 0.1) is 26.7 Å². The summed E-state index contributed by atoms with van der Waals surface area (Å²) < 4.78 is 0. The van der Waals surface area contributed by atoms with Crippen LogP contribution in [0.5, 0.6) is 0 Å². The van der Waals surface area contributed by atoms with E-state index in [-0.39, 0.29) is 0 Å². The van der Waals surface area contributed by atoms with Crippen LogP contribution in [0.25, 0.3) is 0 Å². The maximum Gasteiger partial charge on any atom is 0.0210 e. The van der Waals surface area contributed by atoms with Gasteiger partial charge in [-0.2, -0.15) is 11.8 Å². The van der Waals surface area contributed by atoms with E-state index in [2.05, 4.69) is 50.0 Å². The summed E-state index contributed by atoms with van der Waals surface area (Å²) >= 11 is 2.11. The summed E-state index contributed by atoms with van der Waals surface area (Å²) in [6.45, 7) is 8.86. The molecule has 100 valence electrons. The van der Waals surface area contributed by atoms with E-state index in [9.17, 15) is 0 Å². The molecule has 0 saturated carbocycles. The molecule has 1 aromatic rings. The highest BCUT2D eigenvalue weighted by Gasteiger charge is 2.13. The van der Waals surface area contributed by atoms with Crippen molar-refractivity contribution in [1.29, 1.82) is 0 Å². The molecule has 2 rings (SSSR count). The zero-order chi connectivity index (χ0) is 13.0. The molecular weight excluding hydrogens is 238 g/mol. The topological polar surface area (TPSA) is 12.0 Å². The van der Waals surface area contributed by atoms with Crippen LogP contribution in [0.1, 0.15) is 35.1 Å². The second-order valence-corrected chi connectivity index (χ2v) is 6.79. The lowest BCUT2D eigenvalue weighted by atomic mass is 9.99. The van der Waals surface area contributed by atoms with E-state index in [0.29, 0.717) is 0 Å². The van der Waals surface area contributed by atoms with Gasteiger partial charge in [0.05, 0.1) is 0 Å². The Bertz CT molecular complexity index is 371. The molecule has 0 atom stereocenters. The Hall–Kier alpha value is -0.470. The lowest BCUT2D eigenvalue weighted by Gasteiger charge is -2.22. The summed E-state index contributed by atoms with van der Waals surface area (Å²) in [5, 5.41) is 3.66. The van der Waals surface area contributed by atoms with Gasteiger partial charge in [-0.3, -0.25) is 0 Å². The minimum atomic E-state index is 0.900. The molecule has 0 spiro atoms. The van der Waals surface area contributed by atoms with E-state index in [1.165, 1.54) is 53.1 Å². The molecule has 0 bridgehead atoms. The van der Waals surface area contributed by atoms with Crippen LogP contribution < -0.4 is 5.32 Å². The van der Waals surface area contributed by atoms with Gasteiger partial charge >= 0.3 is 0 Å². The Morgan fingerprint density at radius 1 is 1.11 bits per heavy atom. The van der Waals surface area contributed by atoms with Crippen molar-refractivity contribution in [3.8, 4) is 0 Å². The SMILES string of the molecule is Cc1cc(C)c(CNCC2CCSCC2)c(C)c1. The normalized spacial score (nSPS) is 17.1. The van der Waals surface area contributed by atoms with Crippen LogP contribution in [-0.2, 0) is 6.54 Å². The Morgan fingerprint density at radius 3 is 2.33 bits per heavy atom. The van der Waals surface area contributed by atoms with Crippen molar-refractivity contribution in [2.24, 2.45) is 5.92 Å². The van der Waals surface area contributed by atoms with Gasteiger partial charge in [0, 0.05) is 6.54 Å². The second kappa shape index (κ2) is 6.63. The van der Waals surface area contributed by atoms with Gasteiger partial charge in [-0.15, -0.1) is 0 Å². The summed E-state index contributed by atoms with van der Waals surface area (Å²) in [5.74, 6) is 3.61.